The highest BCUT2D eigenvalue weighted by Gasteiger charge is 2.60. The number of Topliss-reactive ketones (excluding diaryl/α,β-unsaturated/α-hetero) is 1. The fourth-order valence-electron chi connectivity index (χ4n) is 8.17. The normalized spacial score (nSPS) is 42.2. The topological polar surface area (TPSA) is 74.2 Å². The first kappa shape index (κ1) is 23.8. The van der Waals surface area contributed by atoms with E-state index in [4.69, 9.17) is 18.9 Å². The van der Waals surface area contributed by atoms with Crippen molar-refractivity contribution < 1.29 is 28.8 Å². The number of rotatable bonds is 4. The van der Waals surface area contributed by atoms with Crippen molar-refractivity contribution in [1.82, 2.24) is 0 Å². The quantitative estimate of drug-likeness (QED) is 0.472. The zero-order chi connectivity index (χ0) is 24.6. The number of carbonyl (C=O) groups excluding carboxylic acids is 1. The minimum atomic E-state index is -0.922. The van der Waals surface area contributed by atoms with Gasteiger partial charge in [0.25, 0.3) is 0 Å². The Hall–Kier alpha value is -1.57. The van der Waals surface area contributed by atoms with E-state index in [2.05, 4.69) is 31.2 Å². The molecule has 4 aliphatic carbocycles. The maximum Gasteiger partial charge on any atom is 0.189 e. The summed E-state index contributed by atoms with van der Waals surface area (Å²) in [5.74, 6) is 0.513. The van der Waals surface area contributed by atoms with Crippen LogP contribution in [0.2, 0.25) is 0 Å². The number of hydrogen-bond donors (Lipinski definition) is 1. The van der Waals surface area contributed by atoms with E-state index in [0.29, 0.717) is 36.9 Å². The molecule has 6 nitrogen and oxygen atoms in total. The maximum absolute atomic E-state index is 13.2. The molecule has 0 aromatic heterocycles. The van der Waals surface area contributed by atoms with Crippen LogP contribution < -0.4 is 0 Å². The van der Waals surface area contributed by atoms with Gasteiger partial charge in [0, 0.05) is 50.4 Å². The van der Waals surface area contributed by atoms with Gasteiger partial charge in [-0.25, -0.2) is 0 Å². The Balaban J connectivity index is 1.42. The molecule has 1 aliphatic heterocycles. The summed E-state index contributed by atoms with van der Waals surface area (Å²) in [6.45, 7) is 4.10. The van der Waals surface area contributed by atoms with Gasteiger partial charge in [-0.15, -0.1) is 0 Å². The zero-order valence-corrected chi connectivity index (χ0v) is 21.3. The van der Waals surface area contributed by atoms with Gasteiger partial charge in [-0.05, 0) is 62.0 Å². The van der Waals surface area contributed by atoms with E-state index in [0.717, 1.165) is 37.7 Å². The van der Waals surface area contributed by atoms with E-state index in [-0.39, 0.29) is 23.9 Å². The average Bonchev–Trinajstić information content (AvgIpc) is 3.14. The predicted octanol–water partition coefficient (Wildman–Crippen LogP) is 5.16. The van der Waals surface area contributed by atoms with Crippen LogP contribution in [0.4, 0.5) is 0 Å². The number of ketones is 1. The highest BCUT2D eigenvalue weighted by Crippen LogP contribution is 2.64. The van der Waals surface area contributed by atoms with Crippen molar-refractivity contribution >= 4 is 5.78 Å². The first-order valence-corrected chi connectivity index (χ1v) is 13.2. The predicted molar refractivity (Wildman–Crippen MR) is 129 cm³/mol. The molecule has 6 rings (SSSR count). The third kappa shape index (κ3) is 3.51. The molecule has 0 amide bonds. The van der Waals surface area contributed by atoms with Gasteiger partial charge in [-0.1, -0.05) is 36.8 Å². The van der Waals surface area contributed by atoms with Gasteiger partial charge in [-0.2, -0.15) is 0 Å². The molecule has 5 aliphatic rings. The van der Waals surface area contributed by atoms with Gasteiger partial charge in [0.2, 0.25) is 0 Å². The van der Waals surface area contributed by atoms with Crippen molar-refractivity contribution in [1.29, 1.82) is 0 Å². The Morgan fingerprint density at radius 1 is 1.00 bits per heavy atom. The van der Waals surface area contributed by atoms with E-state index in [9.17, 15) is 9.90 Å². The molecule has 1 aromatic carbocycles. The zero-order valence-electron chi connectivity index (χ0n) is 21.3. The summed E-state index contributed by atoms with van der Waals surface area (Å²) < 4.78 is 22.9. The molecular formula is C29H38O6. The van der Waals surface area contributed by atoms with Crippen LogP contribution in [0.5, 0.6) is 0 Å². The van der Waals surface area contributed by atoms with Crippen LogP contribution in [0.1, 0.15) is 88.5 Å². The number of fused-ring (bicyclic) bond motifs is 4. The molecule has 1 N–H and O–H groups in total. The van der Waals surface area contributed by atoms with Crippen molar-refractivity contribution in [2.45, 2.75) is 95.1 Å². The lowest BCUT2D eigenvalue weighted by atomic mass is 9.51. The molecule has 3 saturated carbocycles. The van der Waals surface area contributed by atoms with Crippen molar-refractivity contribution in [3.8, 4) is 0 Å². The van der Waals surface area contributed by atoms with Crippen LogP contribution >= 0.6 is 0 Å². The smallest absolute Gasteiger partial charge is 0.189 e. The Labute approximate surface area is 208 Å². The highest BCUT2D eigenvalue weighted by molar-refractivity contribution is 5.87. The summed E-state index contributed by atoms with van der Waals surface area (Å²) in [7, 11) is 3.35. The Bertz CT molecular complexity index is 1040. The summed E-state index contributed by atoms with van der Waals surface area (Å²) in [6.07, 6.45) is 5.56. The second kappa shape index (κ2) is 8.22. The lowest BCUT2D eigenvalue weighted by Gasteiger charge is -2.55. The molecule has 2 unspecified atom stereocenters. The van der Waals surface area contributed by atoms with Crippen LogP contribution in [0.25, 0.3) is 0 Å². The van der Waals surface area contributed by atoms with Crippen LogP contribution in [0.15, 0.2) is 35.4 Å². The molecule has 190 valence electrons. The van der Waals surface area contributed by atoms with Gasteiger partial charge in [0.05, 0.1) is 5.60 Å². The molecule has 0 bridgehead atoms. The van der Waals surface area contributed by atoms with Crippen molar-refractivity contribution in [3.05, 3.63) is 46.5 Å². The first-order chi connectivity index (χ1) is 16.7. The minimum Gasteiger partial charge on any atom is -0.385 e. The number of allylic oxidation sites excluding steroid dienone is 1. The minimum absolute atomic E-state index is 0.124. The van der Waals surface area contributed by atoms with E-state index in [1.807, 2.05) is 6.92 Å². The van der Waals surface area contributed by atoms with Crippen LogP contribution in [-0.4, -0.2) is 42.8 Å². The second-order valence-electron chi connectivity index (χ2n) is 11.7. The van der Waals surface area contributed by atoms with E-state index < -0.39 is 11.4 Å². The molecule has 1 aromatic rings. The third-order valence-corrected chi connectivity index (χ3v) is 10.1. The largest absolute Gasteiger partial charge is 0.385 e. The van der Waals surface area contributed by atoms with E-state index in [1.54, 1.807) is 14.2 Å². The average molecular weight is 483 g/mol. The Morgan fingerprint density at radius 3 is 2.34 bits per heavy atom. The maximum atomic E-state index is 13.2. The molecule has 0 radical (unpaired) electrons. The second-order valence-corrected chi connectivity index (χ2v) is 11.7. The highest BCUT2D eigenvalue weighted by atomic mass is 16.9. The number of ether oxygens (including phenoxy) is 4. The van der Waals surface area contributed by atoms with Crippen LogP contribution in [0.3, 0.4) is 0 Å². The standard InChI is InChI=1S/C29H38O6/c1-17-34-26(35-17)19-7-5-18(6-8-19)21-15-27(2)22(9-10-24(27)30)20-11-13-28(31)16-29(32-3,33-4)14-12-23(28)25(20)21/h5-8,17,20-22,26,31H,9-16H2,1-4H3/t17?,20-,21?,22-,26?,27-,28?/m0/s1. The summed E-state index contributed by atoms with van der Waals surface area (Å²) in [6, 6.07) is 8.53. The lowest BCUT2D eigenvalue weighted by Crippen LogP contribution is -2.54. The molecule has 0 spiro atoms. The molecule has 1 heterocycles. The van der Waals surface area contributed by atoms with Gasteiger partial charge < -0.3 is 24.1 Å². The molecule has 5 atom stereocenters. The number of hydrogen-bond acceptors (Lipinski definition) is 6. The summed E-state index contributed by atoms with van der Waals surface area (Å²) in [5.41, 5.74) is 3.60. The lowest BCUT2D eigenvalue weighted by molar-refractivity contribution is -0.382. The molecular weight excluding hydrogens is 444 g/mol. The van der Waals surface area contributed by atoms with Crippen LogP contribution in [0, 0.1) is 17.3 Å². The number of carbonyl (C=O) groups is 1. The van der Waals surface area contributed by atoms with Crippen molar-refractivity contribution in [3.63, 3.8) is 0 Å². The fraction of sp³-hybridized carbons (Fsp3) is 0.690. The van der Waals surface area contributed by atoms with Crippen molar-refractivity contribution in [2.75, 3.05) is 14.2 Å². The molecule has 35 heavy (non-hydrogen) atoms. The number of methoxy groups -OCH3 is 2. The van der Waals surface area contributed by atoms with Crippen molar-refractivity contribution in [2.24, 2.45) is 17.3 Å². The molecule has 6 heteroatoms. The molecule has 1 saturated heterocycles. The summed E-state index contributed by atoms with van der Waals surface area (Å²) in [4.78, 5) is 13.2. The number of benzene rings is 1. The van der Waals surface area contributed by atoms with Gasteiger partial charge in [-0.3, -0.25) is 4.79 Å². The SMILES string of the molecule is COC1(OC)CCC2=C3C(c4ccc(C5OC(C)O5)cc4)C[C@]4(C)C(=O)CC[C@H]4[C@@H]3CCC2(O)C1. The van der Waals surface area contributed by atoms with E-state index in [1.165, 1.54) is 16.7 Å². The van der Waals surface area contributed by atoms with Gasteiger partial charge in [0.15, 0.2) is 18.4 Å². The van der Waals surface area contributed by atoms with Gasteiger partial charge in [0.1, 0.15) is 5.78 Å². The number of aliphatic hydroxyl groups is 1. The van der Waals surface area contributed by atoms with Crippen LogP contribution in [-0.2, 0) is 23.7 Å². The Kier molecular flexibility index (Phi) is 5.59. The fourth-order valence-corrected chi connectivity index (χ4v) is 8.17. The first-order valence-electron chi connectivity index (χ1n) is 13.2. The van der Waals surface area contributed by atoms with E-state index >= 15 is 0 Å². The summed E-state index contributed by atoms with van der Waals surface area (Å²) in [5, 5.41) is 12.0. The molecule has 4 fully saturated rings. The monoisotopic (exact) mass is 482 g/mol. The third-order valence-electron chi connectivity index (χ3n) is 10.1. The Morgan fingerprint density at radius 2 is 1.69 bits per heavy atom. The summed E-state index contributed by atoms with van der Waals surface area (Å²) >= 11 is 0. The van der Waals surface area contributed by atoms with Gasteiger partial charge >= 0.3 is 0 Å².